The Balaban J connectivity index is 0.000000810. The minimum atomic E-state index is 0. The molecule has 3 aromatic heterocycles. The van der Waals surface area contributed by atoms with Gasteiger partial charge in [-0.3, -0.25) is 4.98 Å². The van der Waals surface area contributed by atoms with Gasteiger partial charge in [0, 0.05) is 22.4 Å². The first-order valence-electron chi connectivity index (χ1n) is 4.98. The third-order valence-corrected chi connectivity index (χ3v) is 4.47. The molecule has 3 heterocycles. The summed E-state index contributed by atoms with van der Waals surface area (Å²) >= 11 is 3.53. The van der Waals surface area contributed by atoms with Crippen LogP contribution in [-0.4, -0.2) is 4.98 Å². The van der Waals surface area contributed by atoms with Crippen molar-refractivity contribution in [1.29, 1.82) is 0 Å². The molecule has 0 aliphatic heterocycles. The van der Waals surface area contributed by atoms with Crippen molar-refractivity contribution in [2.75, 3.05) is 5.73 Å². The summed E-state index contributed by atoms with van der Waals surface area (Å²) in [4.78, 5) is 7.03. The Morgan fingerprint density at radius 2 is 2.00 bits per heavy atom. The van der Waals surface area contributed by atoms with E-state index in [1.54, 1.807) is 28.9 Å². The SMILES string of the molecule is Cl.Cl.Nc1ccnc2cc(Cc3cccs3)sc12. The molecule has 0 amide bonds. The van der Waals surface area contributed by atoms with Crippen molar-refractivity contribution in [1.82, 2.24) is 4.98 Å². The second kappa shape index (κ2) is 6.38. The highest BCUT2D eigenvalue weighted by Gasteiger charge is 2.06. The largest absolute Gasteiger partial charge is 0.397 e. The van der Waals surface area contributed by atoms with Crippen molar-refractivity contribution in [2.45, 2.75) is 6.42 Å². The van der Waals surface area contributed by atoms with Gasteiger partial charge < -0.3 is 5.73 Å². The molecule has 0 saturated heterocycles. The second-order valence-electron chi connectivity index (χ2n) is 3.58. The molecule has 0 unspecified atom stereocenters. The van der Waals surface area contributed by atoms with E-state index in [1.165, 1.54) is 9.75 Å². The van der Waals surface area contributed by atoms with E-state index in [4.69, 9.17) is 5.73 Å². The van der Waals surface area contributed by atoms with Gasteiger partial charge in [-0.2, -0.15) is 0 Å². The van der Waals surface area contributed by atoms with E-state index in [0.29, 0.717) is 0 Å². The number of halogens is 2. The second-order valence-corrected chi connectivity index (χ2v) is 5.75. The molecule has 0 bridgehead atoms. The molecule has 2 nitrogen and oxygen atoms in total. The summed E-state index contributed by atoms with van der Waals surface area (Å²) in [7, 11) is 0. The van der Waals surface area contributed by atoms with Crippen LogP contribution < -0.4 is 5.73 Å². The molecule has 18 heavy (non-hydrogen) atoms. The zero-order valence-corrected chi connectivity index (χ0v) is 12.6. The molecular weight excluding hydrogens is 307 g/mol. The van der Waals surface area contributed by atoms with Crippen molar-refractivity contribution < 1.29 is 0 Å². The summed E-state index contributed by atoms with van der Waals surface area (Å²) < 4.78 is 1.11. The lowest BCUT2D eigenvalue weighted by Crippen LogP contribution is -1.83. The number of hydrogen-bond acceptors (Lipinski definition) is 4. The van der Waals surface area contributed by atoms with Crippen molar-refractivity contribution >= 4 is 63.4 Å². The summed E-state index contributed by atoms with van der Waals surface area (Å²) in [6, 6.07) is 8.23. The van der Waals surface area contributed by atoms with E-state index in [9.17, 15) is 0 Å². The number of aromatic nitrogens is 1. The minimum absolute atomic E-state index is 0. The number of rotatable bonds is 2. The van der Waals surface area contributed by atoms with Gasteiger partial charge in [-0.25, -0.2) is 0 Å². The van der Waals surface area contributed by atoms with Crippen molar-refractivity contribution in [3.8, 4) is 0 Å². The summed E-state index contributed by atoms with van der Waals surface area (Å²) in [5.74, 6) is 0. The molecule has 0 spiro atoms. The topological polar surface area (TPSA) is 38.9 Å². The number of nitrogens with two attached hydrogens (primary N) is 1. The monoisotopic (exact) mass is 318 g/mol. The van der Waals surface area contributed by atoms with Gasteiger partial charge in [0.15, 0.2) is 0 Å². The van der Waals surface area contributed by atoms with Gasteiger partial charge in [-0.15, -0.1) is 47.5 Å². The fourth-order valence-electron chi connectivity index (χ4n) is 1.68. The first-order valence-corrected chi connectivity index (χ1v) is 6.68. The maximum Gasteiger partial charge on any atom is 0.0833 e. The zero-order valence-electron chi connectivity index (χ0n) is 9.33. The van der Waals surface area contributed by atoms with Crippen LogP contribution in [0.4, 0.5) is 5.69 Å². The van der Waals surface area contributed by atoms with E-state index in [2.05, 4.69) is 28.6 Å². The van der Waals surface area contributed by atoms with Crippen LogP contribution in [0.25, 0.3) is 10.2 Å². The first kappa shape index (κ1) is 15.2. The van der Waals surface area contributed by atoms with Crippen molar-refractivity contribution in [2.24, 2.45) is 0 Å². The lowest BCUT2D eigenvalue weighted by molar-refractivity contribution is 1.30. The Hall–Kier alpha value is -0.810. The van der Waals surface area contributed by atoms with Gasteiger partial charge in [-0.1, -0.05) is 6.07 Å². The molecule has 0 aliphatic rings. The highest BCUT2D eigenvalue weighted by molar-refractivity contribution is 7.19. The summed E-state index contributed by atoms with van der Waals surface area (Å²) in [5, 5.41) is 2.11. The minimum Gasteiger partial charge on any atom is -0.397 e. The lowest BCUT2D eigenvalue weighted by atomic mass is 10.3. The molecule has 0 radical (unpaired) electrons. The molecule has 96 valence electrons. The van der Waals surface area contributed by atoms with Crippen LogP contribution in [0.2, 0.25) is 0 Å². The molecule has 0 saturated carbocycles. The standard InChI is InChI=1S/C12H10N2S2.2ClH/c13-10-3-4-14-11-7-9(16-12(10)11)6-8-2-1-5-15-8;;/h1-5,7H,6H2,(H2,13,14);2*1H. The van der Waals surface area contributed by atoms with Crippen LogP contribution in [-0.2, 0) is 6.42 Å². The third kappa shape index (κ3) is 2.95. The number of pyridine rings is 1. The van der Waals surface area contributed by atoms with Gasteiger partial charge in [0.05, 0.1) is 15.9 Å². The number of hydrogen-bond donors (Lipinski definition) is 1. The Kier molecular flexibility index (Phi) is 5.41. The molecule has 6 heteroatoms. The zero-order chi connectivity index (χ0) is 11.0. The van der Waals surface area contributed by atoms with Gasteiger partial charge in [0.25, 0.3) is 0 Å². The molecule has 0 aliphatic carbocycles. The van der Waals surface area contributed by atoms with E-state index in [1.807, 2.05) is 6.07 Å². The van der Waals surface area contributed by atoms with E-state index in [-0.39, 0.29) is 24.8 Å². The van der Waals surface area contributed by atoms with Crippen LogP contribution >= 0.6 is 47.5 Å². The molecule has 0 fully saturated rings. The predicted octanol–water partition coefficient (Wildman–Crippen LogP) is 4.37. The van der Waals surface area contributed by atoms with Gasteiger partial charge in [0.1, 0.15) is 0 Å². The molecule has 0 aromatic carbocycles. The maximum absolute atomic E-state index is 5.92. The summed E-state index contributed by atoms with van der Waals surface area (Å²) in [5.41, 5.74) is 7.75. The predicted molar refractivity (Wildman–Crippen MR) is 85.7 cm³/mol. The Bertz CT molecular complexity index is 620. The average molecular weight is 319 g/mol. The average Bonchev–Trinajstić information content (AvgIpc) is 2.88. The molecule has 2 N–H and O–H groups in total. The number of fused-ring (bicyclic) bond motifs is 1. The van der Waals surface area contributed by atoms with Crippen LogP contribution in [0.15, 0.2) is 35.8 Å². The van der Waals surface area contributed by atoms with Crippen LogP contribution in [0.3, 0.4) is 0 Å². The molecule has 0 atom stereocenters. The third-order valence-electron chi connectivity index (χ3n) is 2.42. The smallest absolute Gasteiger partial charge is 0.0833 e. The quantitative estimate of drug-likeness (QED) is 0.761. The number of thiophene rings is 2. The highest BCUT2D eigenvalue weighted by Crippen LogP contribution is 2.30. The first-order chi connectivity index (χ1) is 7.83. The fraction of sp³-hybridized carbons (Fsp3) is 0.0833. The Morgan fingerprint density at radius 1 is 1.17 bits per heavy atom. The summed E-state index contributed by atoms with van der Waals surface area (Å²) in [6.07, 6.45) is 2.75. The van der Waals surface area contributed by atoms with E-state index >= 15 is 0 Å². The number of anilines is 1. The summed E-state index contributed by atoms with van der Waals surface area (Å²) in [6.45, 7) is 0. The fourth-order valence-corrected chi connectivity index (χ4v) is 3.56. The lowest BCUT2D eigenvalue weighted by Gasteiger charge is -1.92. The maximum atomic E-state index is 5.92. The van der Waals surface area contributed by atoms with Gasteiger partial charge in [0.2, 0.25) is 0 Å². The number of nitrogens with zero attached hydrogens (tertiary/aromatic N) is 1. The van der Waals surface area contributed by atoms with Crippen molar-refractivity contribution in [3.63, 3.8) is 0 Å². The highest BCUT2D eigenvalue weighted by atomic mass is 35.5. The molecular formula is C12H12Cl2N2S2. The van der Waals surface area contributed by atoms with Crippen LogP contribution in [0.5, 0.6) is 0 Å². The van der Waals surface area contributed by atoms with E-state index in [0.717, 1.165) is 22.3 Å². The number of nitrogen functional groups attached to an aromatic ring is 1. The molecule has 3 rings (SSSR count). The van der Waals surface area contributed by atoms with Gasteiger partial charge in [-0.05, 0) is 23.6 Å². The molecule has 3 aromatic rings. The Labute approximate surface area is 126 Å². The Morgan fingerprint density at radius 3 is 2.67 bits per heavy atom. The van der Waals surface area contributed by atoms with E-state index < -0.39 is 0 Å². The van der Waals surface area contributed by atoms with Crippen molar-refractivity contribution in [3.05, 3.63) is 45.6 Å². The van der Waals surface area contributed by atoms with Gasteiger partial charge >= 0.3 is 0 Å². The van der Waals surface area contributed by atoms with Crippen LogP contribution in [0, 0.1) is 0 Å². The normalized spacial score (nSPS) is 9.78. The van der Waals surface area contributed by atoms with Crippen LogP contribution in [0.1, 0.15) is 9.75 Å².